The second-order valence-electron chi connectivity index (χ2n) is 7.12. The van der Waals surface area contributed by atoms with Crippen LogP contribution in [0.25, 0.3) is 0 Å². The van der Waals surface area contributed by atoms with Crippen LogP contribution < -0.4 is 4.74 Å². The van der Waals surface area contributed by atoms with Crippen molar-refractivity contribution in [1.82, 2.24) is 0 Å². The van der Waals surface area contributed by atoms with Crippen LogP contribution >= 0.6 is 0 Å². The van der Waals surface area contributed by atoms with Crippen molar-refractivity contribution in [2.45, 2.75) is 45.3 Å². The Balaban J connectivity index is 1.92. The van der Waals surface area contributed by atoms with Gasteiger partial charge in [-0.2, -0.15) is 10.5 Å². The lowest BCUT2D eigenvalue weighted by Gasteiger charge is -2.25. The molecule has 1 atom stereocenters. The summed E-state index contributed by atoms with van der Waals surface area (Å²) in [4.78, 5) is 0. The molecule has 4 nitrogen and oxygen atoms in total. The van der Waals surface area contributed by atoms with Gasteiger partial charge in [-0.25, -0.2) is 0 Å². The molecule has 0 saturated carbocycles. The molecule has 3 rings (SSSR count). The fraction of sp³-hybridized carbons (Fsp3) is 0.333. The smallest absolute Gasteiger partial charge is 0.145 e. The van der Waals surface area contributed by atoms with Gasteiger partial charge in [0.15, 0.2) is 0 Å². The van der Waals surface area contributed by atoms with Crippen molar-refractivity contribution < 1.29 is 9.47 Å². The summed E-state index contributed by atoms with van der Waals surface area (Å²) in [5.74, 6) is 1.22. The van der Waals surface area contributed by atoms with Crippen LogP contribution in [0.2, 0.25) is 0 Å². The molecule has 0 aliphatic heterocycles. The van der Waals surface area contributed by atoms with Gasteiger partial charge in [0.1, 0.15) is 17.6 Å². The van der Waals surface area contributed by atoms with Crippen LogP contribution in [0, 0.1) is 22.7 Å². The average molecular weight is 332 g/mol. The quantitative estimate of drug-likeness (QED) is 0.791. The summed E-state index contributed by atoms with van der Waals surface area (Å²) in [6.45, 7) is 6.17. The number of benzene rings is 2. The Kier molecular flexibility index (Phi) is 4.49. The fourth-order valence-electron chi connectivity index (χ4n) is 3.12. The van der Waals surface area contributed by atoms with Crippen molar-refractivity contribution in [2.75, 3.05) is 0 Å². The molecule has 25 heavy (non-hydrogen) atoms. The van der Waals surface area contributed by atoms with Crippen LogP contribution in [0.15, 0.2) is 36.4 Å². The molecule has 0 fully saturated rings. The molecule has 1 aliphatic carbocycles. The van der Waals surface area contributed by atoms with E-state index < -0.39 is 0 Å². The van der Waals surface area contributed by atoms with Gasteiger partial charge in [-0.15, -0.1) is 0 Å². The largest absolute Gasteiger partial charge is 0.456 e. The third-order valence-electron chi connectivity index (χ3n) is 4.12. The van der Waals surface area contributed by atoms with E-state index in [-0.39, 0.29) is 11.7 Å². The number of nitriles is 2. The van der Waals surface area contributed by atoms with Gasteiger partial charge in [-0.05, 0) is 63.4 Å². The summed E-state index contributed by atoms with van der Waals surface area (Å²) in [6, 6.07) is 15.0. The molecule has 2 aromatic rings. The van der Waals surface area contributed by atoms with Gasteiger partial charge in [0.25, 0.3) is 0 Å². The zero-order valence-electron chi connectivity index (χ0n) is 14.7. The highest BCUT2D eigenvalue weighted by Gasteiger charge is 2.29. The predicted octanol–water partition coefficient (Wildman–Crippen LogP) is 5.02. The predicted molar refractivity (Wildman–Crippen MR) is 94.3 cm³/mol. The summed E-state index contributed by atoms with van der Waals surface area (Å²) in [5.41, 5.74) is 2.88. The monoisotopic (exact) mass is 332 g/mol. The third kappa shape index (κ3) is 3.65. The molecule has 0 aromatic heterocycles. The van der Waals surface area contributed by atoms with Gasteiger partial charge in [0, 0.05) is 5.56 Å². The SMILES string of the molecule is CC(C)(C)O[C@@H]1CCc2c(Oc3ccc(C#N)cc3C#N)cccc21. The Morgan fingerprint density at radius 2 is 1.84 bits per heavy atom. The topological polar surface area (TPSA) is 66.0 Å². The van der Waals surface area contributed by atoms with Gasteiger partial charge >= 0.3 is 0 Å². The van der Waals surface area contributed by atoms with E-state index in [1.165, 1.54) is 0 Å². The highest BCUT2D eigenvalue weighted by atomic mass is 16.5. The molecule has 0 N–H and O–H groups in total. The number of rotatable bonds is 3. The molecule has 1 aliphatic rings. The Labute approximate surface area is 148 Å². The highest BCUT2D eigenvalue weighted by Crippen LogP contribution is 2.42. The normalized spacial score (nSPS) is 16.0. The number of ether oxygens (including phenoxy) is 2. The van der Waals surface area contributed by atoms with Crippen molar-refractivity contribution in [3.05, 3.63) is 58.7 Å². The first-order valence-corrected chi connectivity index (χ1v) is 8.33. The van der Waals surface area contributed by atoms with Crippen LogP contribution in [-0.2, 0) is 11.2 Å². The van der Waals surface area contributed by atoms with Crippen molar-refractivity contribution in [3.63, 3.8) is 0 Å². The Morgan fingerprint density at radius 3 is 2.52 bits per heavy atom. The van der Waals surface area contributed by atoms with Crippen LogP contribution in [0.1, 0.15) is 55.5 Å². The minimum Gasteiger partial charge on any atom is -0.456 e. The minimum absolute atomic E-state index is 0.0648. The standard InChI is InChI=1S/C21H20N2O2/c1-21(2,3)25-20-10-8-17-16(20)5-4-6-19(17)24-18-9-7-14(12-22)11-15(18)13-23/h4-7,9,11,20H,8,10H2,1-3H3/t20-/m1/s1. The zero-order chi connectivity index (χ0) is 18.0. The van der Waals surface area contributed by atoms with Crippen LogP contribution in [0.5, 0.6) is 11.5 Å². The third-order valence-corrected chi connectivity index (χ3v) is 4.12. The first kappa shape index (κ1) is 17.0. The average Bonchev–Trinajstić information content (AvgIpc) is 2.97. The molecular formula is C21H20N2O2. The zero-order valence-corrected chi connectivity index (χ0v) is 14.7. The van der Waals surface area contributed by atoms with Crippen molar-refractivity contribution >= 4 is 0 Å². The molecule has 2 aromatic carbocycles. The second kappa shape index (κ2) is 6.59. The maximum Gasteiger partial charge on any atom is 0.145 e. The van der Waals surface area contributed by atoms with E-state index in [2.05, 4.69) is 32.9 Å². The fourth-order valence-corrected chi connectivity index (χ4v) is 3.12. The molecule has 4 heteroatoms. The van der Waals surface area contributed by atoms with Crippen molar-refractivity contribution in [3.8, 4) is 23.6 Å². The van der Waals surface area contributed by atoms with E-state index in [4.69, 9.17) is 14.7 Å². The first-order chi connectivity index (χ1) is 11.9. The molecular weight excluding hydrogens is 312 g/mol. The molecule has 0 radical (unpaired) electrons. The Hall–Kier alpha value is -2.82. The number of nitrogens with zero attached hydrogens (tertiary/aromatic N) is 2. The van der Waals surface area contributed by atoms with Gasteiger partial charge in [0.05, 0.1) is 28.9 Å². The van der Waals surface area contributed by atoms with Crippen LogP contribution in [0.4, 0.5) is 0 Å². The first-order valence-electron chi connectivity index (χ1n) is 8.33. The molecule has 0 amide bonds. The van der Waals surface area contributed by atoms with Crippen LogP contribution in [-0.4, -0.2) is 5.60 Å². The number of hydrogen-bond acceptors (Lipinski definition) is 4. The summed E-state index contributed by atoms with van der Waals surface area (Å²) in [5, 5.41) is 18.3. The van der Waals surface area contributed by atoms with Gasteiger partial charge < -0.3 is 9.47 Å². The van der Waals surface area contributed by atoms with E-state index >= 15 is 0 Å². The lowest BCUT2D eigenvalue weighted by molar-refractivity contribution is -0.0605. The lowest BCUT2D eigenvalue weighted by atomic mass is 10.1. The summed E-state index contributed by atoms with van der Waals surface area (Å²) >= 11 is 0. The summed E-state index contributed by atoms with van der Waals surface area (Å²) < 4.78 is 12.2. The van der Waals surface area contributed by atoms with E-state index in [1.54, 1.807) is 18.2 Å². The maximum atomic E-state index is 9.32. The highest BCUT2D eigenvalue weighted by molar-refractivity contribution is 5.52. The minimum atomic E-state index is -0.204. The van der Waals surface area contributed by atoms with Crippen molar-refractivity contribution in [1.29, 1.82) is 10.5 Å². The van der Waals surface area contributed by atoms with E-state index in [0.717, 1.165) is 29.7 Å². The molecule has 0 spiro atoms. The van der Waals surface area contributed by atoms with Gasteiger partial charge in [-0.1, -0.05) is 12.1 Å². The number of hydrogen-bond donors (Lipinski definition) is 0. The van der Waals surface area contributed by atoms with Gasteiger partial charge in [-0.3, -0.25) is 0 Å². The Morgan fingerprint density at radius 1 is 1.04 bits per heavy atom. The molecule has 0 saturated heterocycles. The second-order valence-corrected chi connectivity index (χ2v) is 7.12. The summed E-state index contributed by atoms with van der Waals surface area (Å²) in [6.07, 6.45) is 1.87. The summed E-state index contributed by atoms with van der Waals surface area (Å²) in [7, 11) is 0. The van der Waals surface area contributed by atoms with Crippen LogP contribution in [0.3, 0.4) is 0 Å². The van der Waals surface area contributed by atoms with E-state index in [0.29, 0.717) is 16.9 Å². The van der Waals surface area contributed by atoms with E-state index in [9.17, 15) is 5.26 Å². The molecule has 0 bridgehead atoms. The van der Waals surface area contributed by atoms with Crippen molar-refractivity contribution in [2.24, 2.45) is 0 Å². The number of fused-ring (bicyclic) bond motifs is 1. The molecule has 0 unspecified atom stereocenters. The molecule has 0 heterocycles. The lowest BCUT2D eigenvalue weighted by Crippen LogP contribution is -2.21. The molecule has 126 valence electrons. The maximum absolute atomic E-state index is 9.32. The Bertz CT molecular complexity index is 882. The van der Waals surface area contributed by atoms with E-state index in [1.807, 2.05) is 18.2 Å². The van der Waals surface area contributed by atoms with Gasteiger partial charge in [0.2, 0.25) is 0 Å².